The van der Waals surface area contributed by atoms with Gasteiger partial charge in [0.1, 0.15) is 6.04 Å². The number of morpholine rings is 1. The quantitative estimate of drug-likeness (QED) is 0.900. The SMILES string of the molecule is Cc1ccccc1[C@@H]1C[C@@H](C)N(C(=O)[C@H]2COCCN2)C1. The summed E-state index contributed by atoms with van der Waals surface area (Å²) in [6, 6.07) is 8.64. The van der Waals surface area contributed by atoms with Gasteiger partial charge in [-0.05, 0) is 31.4 Å². The second-order valence-corrected chi connectivity index (χ2v) is 6.21. The predicted octanol–water partition coefficient (Wildman–Crippen LogP) is 1.69. The molecule has 0 spiro atoms. The predicted molar refractivity (Wildman–Crippen MR) is 82.3 cm³/mol. The van der Waals surface area contributed by atoms with E-state index < -0.39 is 0 Å². The monoisotopic (exact) mass is 288 g/mol. The van der Waals surface area contributed by atoms with Crippen LogP contribution in [0.25, 0.3) is 0 Å². The summed E-state index contributed by atoms with van der Waals surface area (Å²) in [6.45, 7) is 7.09. The zero-order chi connectivity index (χ0) is 14.8. The van der Waals surface area contributed by atoms with Crippen molar-refractivity contribution in [1.82, 2.24) is 10.2 Å². The number of carbonyl (C=O) groups excluding carboxylic acids is 1. The van der Waals surface area contributed by atoms with Crippen LogP contribution >= 0.6 is 0 Å². The van der Waals surface area contributed by atoms with Crippen LogP contribution in [0.15, 0.2) is 24.3 Å². The molecule has 114 valence electrons. The summed E-state index contributed by atoms with van der Waals surface area (Å²) < 4.78 is 5.42. The molecule has 1 aromatic carbocycles. The Kier molecular flexibility index (Phi) is 4.27. The van der Waals surface area contributed by atoms with Crippen molar-refractivity contribution in [3.05, 3.63) is 35.4 Å². The van der Waals surface area contributed by atoms with E-state index in [1.807, 2.05) is 4.90 Å². The van der Waals surface area contributed by atoms with Crippen LogP contribution in [-0.4, -0.2) is 49.2 Å². The Bertz CT molecular complexity index is 511. The molecule has 0 radical (unpaired) electrons. The van der Waals surface area contributed by atoms with E-state index in [1.54, 1.807) is 0 Å². The number of ether oxygens (including phenoxy) is 1. The maximum Gasteiger partial charge on any atom is 0.242 e. The van der Waals surface area contributed by atoms with Crippen LogP contribution in [0, 0.1) is 6.92 Å². The van der Waals surface area contributed by atoms with Gasteiger partial charge in [-0.25, -0.2) is 0 Å². The Morgan fingerprint density at radius 1 is 1.38 bits per heavy atom. The number of hydrogen-bond donors (Lipinski definition) is 1. The third kappa shape index (κ3) is 2.97. The summed E-state index contributed by atoms with van der Waals surface area (Å²) in [6.07, 6.45) is 1.05. The minimum absolute atomic E-state index is 0.170. The molecule has 21 heavy (non-hydrogen) atoms. The molecule has 4 heteroatoms. The Balaban J connectivity index is 1.71. The van der Waals surface area contributed by atoms with Crippen molar-refractivity contribution in [2.45, 2.75) is 38.3 Å². The zero-order valence-electron chi connectivity index (χ0n) is 12.8. The largest absolute Gasteiger partial charge is 0.378 e. The van der Waals surface area contributed by atoms with Crippen LogP contribution in [0.5, 0.6) is 0 Å². The highest BCUT2D eigenvalue weighted by Gasteiger charge is 2.37. The first-order valence-corrected chi connectivity index (χ1v) is 7.84. The van der Waals surface area contributed by atoms with Crippen molar-refractivity contribution >= 4 is 5.91 Å². The van der Waals surface area contributed by atoms with Gasteiger partial charge in [0.25, 0.3) is 0 Å². The summed E-state index contributed by atoms with van der Waals surface area (Å²) in [4.78, 5) is 14.7. The zero-order valence-corrected chi connectivity index (χ0v) is 12.8. The van der Waals surface area contributed by atoms with Gasteiger partial charge in [-0.15, -0.1) is 0 Å². The van der Waals surface area contributed by atoms with E-state index in [9.17, 15) is 4.79 Å². The molecule has 1 aromatic rings. The van der Waals surface area contributed by atoms with Crippen molar-refractivity contribution in [3.8, 4) is 0 Å². The molecule has 1 N–H and O–H groups in total. The lowest BCUT2D eigenvalue weighted by Crippen LogP contribution is -2.53. The lowest BCUT2D eigenvalue weighted by atomic mass is 9.93. The minimum atomic E-state index is -0.170. The average molecular weight is 288 g/mol. The van der Waals surface area contributed by atoms with Crippen molar-refractivity contribution in [2.75, 3.05) is 26.3 Å². The van der Waals surface area contributed by atoms with E-state index in [1.165, 1.54) is 11.1 Å². The lowest BCUT2D eigenvalue weighted by molar-refractivity contribution is -0.136. The highest BCUT2D eigenvalue weighted by molar-refractivity contribution is 5.83. The average Bonchev–Trinajstić information content (AvgIpc) is 2.89. The van der Waals surface area contributed by atoms with Gasteiger partial charge < -0.3 is 15.0 Å². The Morgan fingerprint density at radius 2 is 2.19 bits per heavy atom. The summed E-state index contributed by atoms with van der Waals surface area (Å²) in [5.41, 5.74) is 2.70. The second-order valence-electron chi connectivity index (χ2n) is 6.21. The molecule has 0 unspecified atom stereocenters. The van der Waals surface area contributed by atoms with Crippen LogP contribution in [-0.2, 0) is 9.53 Å². The molecular weight excluding hydrogens is 264 g/mol. The molecule has 2 aliphatic rings. The molecule has 2 saturated heterocycles. The Labute approximate surface area is 126 Å². The van der Waals surface area contributed by atoms with Crippen LogP contribution in [0.4, 0.5) is 0 Å². The fourth-order valence-electron chi connectivity index (χ4n) is 3.53. The number of aryl methyl sites for hydroxylation is 1. The van der Waals surface area contributed by atoms with Crippen molar-refractivity contribution in [1.29, 1.82) is 0 Å². The fourth-order valence-corrected chi connectivity index (χ4v) is 3.53. The first-order chi connectivity index (χ1) is 10.2. The molecule has 0 bridgehead atoms. The van der Waals surface area contributed by atoms with Crippen molar-refractivity contribution in [3.63, 3.8) is 0 Å². The van der Waals surface area contributed by atoms with Crippen molar-refractivity contribution in [2.24, 2.45) is 0 Å². The molecule has 2 fully saturated rings. The number of nitrogens with one attached hydrogen (secondary N) is 1. The van der Waals surface area contributed by atoms with E-state index in [0.717, 1.165) is 19.5 Å². The van der Waals surface area contributed by atoms with E-state index in [2.05, 4.69) is 43.4 Å². The smallest absolute Gasteiger partial charge is 0.242 e. The van der Waals surface area contributed by atoms with Crippen LogP contribution < -0.4 is 5.32 Å². The van der Waals surface area contributed by atoms with Crippen LogP contribution in [0.1, 0.15) is 30.4 Å². The third-order valence-corrected chi connectivity index (χ3v) is 4.71. The van der Waals surface area contributed by atoms with Gasteiger partial charge in [0.15, 0.2) is 0 Å². The molecule has 3 atom stereocenters. The lowest BCUT2D eigenvalue weighted by Gasteiger charge is -2.29. The number of likely N-dealkylation sites (tertiary alicyclic amines) is 1. The van der Waals surface area contributed by atoms with Gasteiger partial charge in [-0.2, -0.15) is 0 Å². The van der Waals surface area contributed by atoms with Gasteiger partial charge in [0.2, 0.25) is 5.91 Å². The first-order valence-electron chi connectivity index (χ1n) is 7.84. The van der Waals surface area contributed by atoms with Gasteiger partial charge in [0.05, 0.1) is 13.2 Å². The Hall–Kier alpha value is -1.39. The first kappa shape index (κ1) is 14.5. The van der Waals surface area contributed by atoms with Gasteiger partial charge in [-0.3, -0.25) is 4.79 Å². The molecule has 4 nitrogen and oxygen atoms in total. The summed E-state index contributed by atoms with van der Waals surface area (Å²) in [5, 5.41) is 3.27. The third-order valence-electron chi connectivity index (χ3n) is 4.71. The maximum absolute atomic E-state index is 12.7. The van der Waals surface area contributed by atoms with E-state index in [0.29, 0.717) is 25.2 Å². The molecule has 1 amide bonds. The number of benzene rings is 1. The summed E-state index contributed by atoms with van der Waals surface area (Å²) in [7, 11) is 0. The van der Waals surface area contributed by atoms with Gasteiger partial charge >= 0.3 is 0 Å². The normalized spacial score (nSPS) is 29.6. The molecule has 0 aromatic heterocycles. The Morgan fingerprint density at radius 3 is 2.90 bits per heavy atom. The van der Waals surface area contributed by atoms with Gasteiger partial charge in [0, 0.05) is 25.0 Å². The summed E-state index contributed by atoms with van der Waals surface area (Å²) >= 11 is 0. The topological polar surface area (TPSA) is 41.6 Å². The number of rotatable bonds is 2. The van der Waals surface area contributed by atoms with Crippen molar-refractivity contribution < 1.29 is 9.53 Å². The van der Waals surface area contributed by atoms with E-state index >= 15 is 0 Å². The summed E-state index contributed by atoms with van der Waals surface area (Å²) in [5.74, 6) is 0.646. The molecule has 2 heterocycles. The fraction of sp³-hybridized carbons (Fsp3) is 0.588. The van der Waals surface area contributed by atoms with E-state index in [-0.39, 0.29) is 11.9 Å². The highest BCUT2D eigenvalue weighted by atomic mass is 16.5. The number of carbonyl (C=O) groups is 1. The standard InChI is InChI=1S/C17H24N2O2/c1-12-5-3-4-6-15(12)14-9-13(2)19(10-14)17(20)16-11-21-8-7-18-16/h3-6,13-14,16,18H,7-11H2,1-2H3/t13-,14-,16-/m1/s1. The molecule has 2 aliphatic heterocycles. The van der Waals surface area contributed by atoms with Crippen LogP contribution in [0.3, 0.4) is 0 Å². The van der Waals surface area contributed by atoms with Crippen LogP contribution in [0.2, 0.25) is 0 Å². The molecule has 0 saturated carbocycles. The molecule has 3 rings (SSSR count). The van der Waals surface area contributed by atoms with E-state index in [4.69, 9.17) is 4.74 Å². The van der Waals surface area contributed by atoms with Gasteiger partial charge in [-0.1, -0.05) is 24.3 Å². The molecular formula is C17H24N2O2. The number of hydrogen-bond acceptors (Lipinski definition) is 3. The minimum Gasteiger partial charge on any atom is -0.378 e. The highest BCUT2D eigenvalue weighted by Crippen LogP contribution is 2.33. The maximum atomic E-state index is 12.7. The molecule has 0 aliphatic carbocycles. The second kappa shape index (κ2) is 6.16. The number of nitrogens with zero attached hydrogens (tertiary/aromatic N) is 1. The number of amides is 1.